The van der Waals surface area contributed by atoms with E-state index in [1.54, 1.807) is 0 Å². The molecule has 94 valence electrons. The number of aliphatic carboxylic acids is 1. The first-order chi connectivity index (χ1) is 8.39. The lowest BCUT2D eigenvalue weighted by Crippen LogP contribution is -2.20. The van der Waals surface area contributed by atoms with Crippen molar-refractivity contribution in [1.29, 1.82) is 0 Å². The molecule has 2 nitrogen and oxygen atoms in total. The zero-order valence-corrected chi connectivity index (χ0v) is 13.0. The third kappa shape index (κ3) is 2.93. The maximum absolute atomic E-state index is 11.4. The van der Waals surface area contributed by atoms with Crippen LogP contribution in [0.15, 0.2) is 46.5 Å². The van der Waals surface area contributed by atoms with Crippen LogP contribution in [0, 0.1) is 0 Å². The van der Waals surface area contributed by atoms with Gasteiger partial charge in [-0.15, -0.1) is 0 Å². The Labute approximate surface area is 123 Å². The normalized spacial score (nSPS) is 23.3. The Balaban J connectivity index is 2.49. The van der Waals surface area contributed by atoms with Gasteiger partial charge in [0.2, 0.25) is 0 Å². The fourth-order valence-corrected chi connectivity index (χ4v) is 2.63. The lowest BCUT2D eigenvalue weighted by molar-refractivity contribution is -0.132. The molecule has 1 atom stereocenters. The van der Waals surface area contributed by atoms with Crippen molar-refractivity contribution in [2.24, 2.45) is 0 Å². The van der Waals surface area contributed by atoms with Crippen molar-refractivity contribution in [1.82, 2.24) is 0 Å². The monoisotopic (exact) mass is 370 g/mol. The van der Waals surface area contributed by atoms with Crippen LogP contribution in [0.25, 0.3) is 5.57 Å². The molecule has 0 bridgehead atoms. The van der Waals surface area contributed by atoms with Crippen molar-refractivity contribution in [2.45, 2.75) is 17.7 Å². The molecule has 1 N–H and O–H groups in total. The van der Waals surface area contributed by atoms with Gasteiger partial charge in [-0.1, -0.05) is 56.1 Å². The topological polar surface area (TPSA) is 37.3 Å². The molecule has 0 aliphatic heterocycles. The molecule has 1 aromatic carbocycles. The number of benzene rings is 1. The van der Waals surface area contributed by atoms with E-state index in [4.69, 9.17) is 0 Å². The van der Waals surface area contributed by atoms with Crippen LogP contribution in [0.2, 0.25) is 0 Å². The van der Waals surface area contributed by atoms with Crippen LogP contribution in [-0.4, -0.2) is 15.4 Å². The molecule has 1 aromatic rings. The van der Waals surface area contributed by atoms with E-state index in [9.17, 15) is 9.90 Å². The Morgan fingerprint density at radius 1 is 1.33 bits per heavy atom. The van der Waals surface area contributed by atoms with E-state index < -0.39 is 5.97 Å². The second kappa shape index (κ2) is 5.02. The third-order valence-electron chi connectivity index (χ3n) is 2.86. The first-order valence-corrected chi connectivity index (χ1v) is 7.08. The molecule has 0 fully saturated rings. The predicted octanol–water partition coefficient (Wildman–Crippen LogP) is 4.40. The van der Waals surface area contributed by atoms with E-state index in [1.807, 2.05) is 43.3 Å². The largest absolute Gasteiger partial charge is 0.478 e. The summed E-state index contributed by atoms with van der Waals surface area (Å²) in [6, 6.07) is 7.67. The number of rotatable bonds is 2. The fraction of sp³-hybridized carbons (Fsp3) is 0.214. The minimum absolute atomic E-state index is 0.278. The van der Waals surface area contributed by atoms with Gasteiger partial charge in [0, 0.05) is 14.4 Å². The standard InChI is InChI=1S/C14H12Br2O2/c1-14(16)7-6-11(12(8-14)13(17)18)9-2-4-10(15)5-3-9/h2-7H,8H2,1H3,(H,17,18). The SMILES string of the molecule is CC1(Br)C=CC(c2ccc(Br)cc2)=C(C(=O)O)C1. The van der Waals surface area contributed by atoms with Crippen LogP contribution in [0.3, 0.4) is 0 Å². The number of alkyl halides is 1. The van der Waals surface area contributed by atoms with Gasteiger partial charge in [-0.05, 0) is 36.6 Å². The molecule has 1 aliphatic rings. The van der Waals surface area contributed by atoms with E-state index in [0.29, 0.717) is 12.0 Å². The molecule has 0 aromatic heterocycles. The van der Waals surface area contributed by atoms with Gasteiger partial charge >= 0.3 is 5.97 Å². The molecule has 0 radical (unpaired) electrons. The Bertz CT molecular complexity index is 539. The Morgan fingerprint density at radius 3 is 2.50 bits per heavy atom. The number of allylic oxidation sites excluding steroid dienone is 3. The highest BCUT2D eigenvalue weighted by Crippen LogP contribution is 2.37. The summed E-state index contributed by atoms with van der Waals surface area (Å²) in [5, 5.41) is 9.33. The second-order valence-corrected chi connectivity index (χ2v) is 7.22. The van der Waals surface area contributed by atoms with Gasteiger partial charge in [-0.2, -0.15) is 0 Å². The summed E-state index contributed by atoms with van der Waals surface area (Å²) in [7, 11) is 0. The maximum atomic E-state index is 11.4. The molecule has 18 heavy (non-hydrogen) atoms. The Morgan fingerprint density at radius 2 is 1.94 bits per heavy atom. The summed E-state index contributed by atoms with van der Waals surface area (Å²) < 4.78 is 0.702. The maximum Gasteiger partial charge on any atom is 0.332 e. The molecule has 1 unspecified atom stereocenters. The number of hydrogen-bond acceptors (Lipinski definition) is 1. The highest BCUT2D eigenvalue weighted by molar-refractivity contribution is 9.10. The second-order valence-electron chi connectivity index (χ2n) is 4.49. The number of carboxylic acid groups (broad SMARTS) is 1. The van der Waals surface area contributed by atoms with Gasteiger partial charge in [0.25, 0.3) is 0 Å². The first kappa shape index (κ1) is 13.6. The van der Waals surface area contributed by atoms with E-state index in [1.165, 1.54) is 0 Å². The first-order valence-electron chi connectivity index (χ1n) is 5.49. The lowest BCUT2D eigenvalue weighted by Gasteiger charge is -2.24. The van der Waals surface area contributed by atoms with E-state index >= 15 is 0 Å². The molecule has 0 heterocycles. The van der Waals surface area contributed by atoms with Crippen molar-refractivity contribution in [2.75, 3.05) is 0 Å². The van der Waals surface area contributed by atoms with Crippen LogP contribution in [0.5, 0.6) is 0 Å². The van der Waals surface area contributed by atoms with Gasteiger partial charge in [0.05, 0.1) is 0 Å². The summed E-state index contributed by atoms with van der Waals surface area (Å²) in [5.74, 6) is -0.858. The molecular weight excluding hydrogens is 360 g/mol. The third-order valence-corrected chi connectivity index (χ3v) is 3.93. The zero-order chi connectivity index (χ0) is 13.3. The fourth-order valence-electron chi connectivity index (χ4n) is 1.95. The highest BCUT2D eigenvalue weighted by Gasteiger charge is 2.28. The lowest BCUT2D eigenvalue weighted by atomic mass is 9.87. The molecule has 1 aliphatic carbocycles. The van der Waals surface area contributed by atoms with Gasteiger partial charge in [-0.25, -0.2) is 4.79 Å². The average molecular weight is 372 g/mol. The number of halogens is 2. The number of carbonyl (C=O) groups is 1. The minimum Gasteiger partial charge on any atom is -0.478 e. The summed E-state index contributed by atoms with van der Waals surface area (Å²) in [6.45, 7) is 1.96. The molecular formula is C14H12Br2O2. The molecule has 0 saturated heterocycles. The quantitative estimate of drug-likeness (QED) is 0.782. The Hall–Kier alpha value is -0.870. The molecule has 4 heteroatoms. The van der Waals surface area contributed by atoms with Crippen molar-refractivity contribution in [3.8, 4) is 0 Å². The zero-order valence-electron chi connectivity index (χ0n) is 9.78. The van der Waals surface area contributed by atoms with Gasteiger partial charge in [-0.3, -0.25) is 0 Å². The predicted molar refractivity (Wildman–Crippen MR) is 79.8 cm³/mol. The van der Waals surface area contributed by atoms with Crippen molar-refractivity contribution in [3.05, 3.63) is 52.0 Å². The van der Waals surface area contributed by atoms with Crippen LogP contribution >= 0.6 is 31.9 Å². The molecule has 2 rings (SSSR count). The van der Waals surface area contributed by atoms with Crippen LogP contribution in [0.1, 0.15) is 18.9 Å². The smallest absolute Gasteiger partial charge is 0.332 e. The van der Waals surface area contributed by atoms with Gasteiger partial charge < -0.3 is 5.11 Å². The van der Waals surface area contributed by atoms with Crippen molar-refractivity contribution >= 4 is 43.4 Å². The summed E-state index contributed by atoms with van der Waals surface area (Å²) in [5.41, 5.74) is 2.15. The van der Waals surface area contributed by atoms with Crippen LogP contribution in [-0.2, 0) is 4.79 Å². The van der Waals surface area contributed by atoms with Crippen molar-refractivity contribution < 1.29 is 9.90 Å². The number of carboxylic acids is 1. The van der Waals surface area contributed by atoms with E-state index in [0.717, 1.165) is 15.6 Å². The Kier molecular flexibility index (Phi) is 3.78. The summed E-state index contributed by atoms with van der Waals surface area (Å²) in [4.78, 5) is 11.4. The van der Waals surface area contributed by atoms with Crippen molar-refractivity contribution in [3.63, 3.8) is 0 Å². The van der Waals surface area contributed by atoms with E-state index in [2.05, 4.69) is 31.9 Å². The van der Waals surface area contributed by atoms with Crippen LogP contribution in [0.4, 0.5) is 0 Å². The van der Waals surface area contributed by atoms with E-state index in [-0.39, 0.29) is 4.32 Å². The molecule has 0 amide bonds. The molecule has 0 saturated carbocycles. The summed E-state index contributed by atoms with van der Waals surface area (Å²) in [6.07, 6.45) is 4.35. The van der Waals surface area contributed by atoms with Gasteiger partial charge in [0.1, 0.15) is 0 Å². The minimum atomic E-state index is -0.858. The van der Waals surface area contributed by atoms with Gasteiger partial charge in [0.15, 0.2) is 0 Å². The average Bonchev–Trinajstić information content (AvgIpc) is 2.29. The van der Waals surface area contributed by atoms with Crippen LogP contribution < -0.4 is 0 Å². The number of hydrogen-bond donors (Lipinski definition) is 1. The summed E-state index contributed by atoms with van der Waals surface area (Å²) >= 11 is 6.89. The highest BCUT2D eigenvalue weighted by atomic mass is 79.9. The molecule has 0 spiro atoms.